The second-order valence-electron chi connectivity index (χ2n) is 2.60. The molecule has 0 spiro atoms. The topological polar surface area (TPSA) is 22.0 Å². The van der Waals surface area contributed by atoms with Gasteiger partial charge in [0.2, 0.25) is 0 Å². The van der Waals surface area contributed by atoms with Gasteiger partial charge in [0.1, 0.15) is 0 Å². The number of aromatic nitrogens is 1. The fourth-order valence-corrected chi connectivity index (χ4v) is 1.54. The quantitative estimate of drug-likeness (QED) is 0.560. The fraction of sp³-hybridized carbons (Fsp3) is 0. The van der Waals surface area contributed by atoms with Crippen molar-refractivity contribution in [3.05, 3.63) is 46.8 Å². The first-order valence-corrected chi connectivity index (χ1v) is 4.16. The Labute approximate surface area is 72.1 Å². The monoisotopic (exact) mass is 177 g/mol. The molecule has 2 nitrogen and oxygen atoms in total. The van der Waals surface area contributed by atoms with Crippen molar-refractivity contribution in [2.75, 3.05) is 0 Å². The highest BCUT2D eigenvalue weighted by Crippen LogP contribution is 2.10. The van der Waals surface area contributed by atoms with E-state index in [4.69, 9.17) is 0 Å². The normalized spacial score (nSPS) is 10.4. The van der Waals surface area contributed by atoms with Gasteiger partial charge in [-0.05, 0) is 21.5 Å². The maximum Gasteiger partial charge on any atom is 0.189 e. The van der Waals surface area contributed by atoms with Crippen molar-refractivity contribution in [2.24, 2.45) is 0 Å². The maximum atomic E-state index is 11.3. The summed E-state index contributed by atoms with van der Waals surface area (Å²) in [6.07, 6.45) is 1.75. The van der Waals surface area contributed by atoms with Gasteiger partial charge in [0.15, 0.2) is 5.43 Å². The predicted octanol–water partition coefficient (Wildman–Crippen LogP) is 1.64. The van der Waals surface area contributed by atoms with Crippen molar-refractivity contribution in [3.63, 3.8) is 0 Å². The molecule has 0 aliphatic rings. The lowest BCUT2D eigenvalue weighted by molar-refractivity contribution is 1.29. The van der Waals surface area contributed by atoms with Gasteiger partial charge in [-0.1, -0.05) is 12.1 Å². The number of hydrogen-bond donors (Lipinski definition) is 0. The van der Waals surface area contributed by atoms with Crippen LogP contribution in [-0.2, 0) is 0 Å². The molecular formula is C9H8NOP. The van der Waals surface area contributed by atoms with Crippen LogP contribution in [0.15, 0.2) is 41.3 Å². The maximum absolute atomic E-state index is 11.3. The van der Waals surface area contributed by atoms with Gasteiger partial charge in [0, 0.05) is 17.6 Å². The van der Waals surface area contributed by atoms with Crippen LogP contribution in [0.2, 0.25) is 0 Å². The molecule has 1 unspecified atom stereocenters. The molecule has 12 heavy (non-hydrogen) atoms. The van der Waals surface area contributed by atoms with Crippen LogP contribution in [0.25, 0.3) is 10.9 Å². The van der Waals surface area contributed by atoms with Gasteiger partial charge in [-0.3, -0.25) is 4.79 Å². The molecule has 0 N–H and O–H groups in total. The largest absolute Gasteiger partial charge is 0.332 e. The molecule has 0 aliphatic carbocycles. The van der Waals surface area contributed by atoms with Gasteiger partial charge in [-0.2, -0.15) is 0 Å². The van der Waals surface area contributed by atoms with Crippen LogP contribution in [0.3, 0.4) is 0 Å². The van der Waals surface area contributed by atoms with E-state index in [0.29, 0.717) is 0 Å². The number of hydrogen-bond acceptors (Lipinski definition) is 1. The number of nitrogens with zero attached hydrogens (tertiary/aromatic N) is 1. The van der Waals surface area contributed by atoms with E-state index >= 15 is 0 Å². The molecule has 0 saturated heterocycles. The van der Waals surface area contributed by atoms with E-state index < -0.39 is 0 Å². The van der Waals surface area contributed by atoms with E-state index in [9.17, 15) is 4.79 Å². The fourth-order valence-electron chi connectivity index (χ4n) is 1.23. The summed E-state index contributed by atoms with van der Waals surface area (Å²) in [4.78, 5) is 11.3. The third-order valence-electron chi connectivity index (χ3n) is 1.83. The first-order chi connectivity index (χ1) is 5.79. The highest BCUT2D eigenvalue weighted by Gasteiger charge is 1.96. The van der Waals surface area contributed by atoms with Crippen LogP contribution in [0.4, 0.5) is 0 Å². The number of fused-ring (bicyclic) bond motifs is 1. The highest BCUT2D eigenvalue weighted by atomic mass is 31.0. The molecule has 0 radical (unpaired) electrons. The van der Waals surface area contributed by atoms with Crippen LogP contribution in [0.5, 0.6) is 0 Å². The molecule has 1 aromatic carbocycles. The minimum Gasteiger partial charge on any atom is -0.332 e. The Balaban J connectivity index is 3.05. The lowest BCUT2D eigenvalue weighted by Gasteiger charge is -2.01. The Bertz CT molecular complexity index is 475. The Hall–Kier alpha value is -1.14. The van der Waals surface area contributed by atoms with Gasteiger partial charge in [-0.25, -0.2) is 0 Å². The molecule has 0 saturated carbocycles. The molecule has 2 aromatic rings. The minimum absolute atomic E-state index is 0.0734. The number of para-hydroxylation sites is 1. The van der Waals surface area contributed by atoms with Crippen molar-refractivity contribution < 1.29 is 0 Å². The van der Waals surface area contributed by atoms with Crippen LogP contribution in [0, 0.1) is 0 Å². The molecule has 2 rings (SSSR count). The Morgan fingerprint density at radius 2 is 1.92 bits per heavy atom. The van der Waals surface area contributed by atoms with Gasteiger partial charge >= 0.3 is 0 Å². The summed E-state index contributed by atoms with van der Waals surface area (Å²) in [5.41, 5.74) is 1.01. The zero-order chi connectivity index (χ0) is 8.55. The van der Waals surface area contributed by atoms with Crippen molar-refractivity contribution >= 4 is 20.3 Å². The molecule has 0 fully saturated rings. The van der Waals surface area contributed by atoms with Crippen LogP contribution in [-0.4, -0.2) is 4.34 Å². The average Bonchev–Trinajstić information content (AvgIpc) is 2.12. The summed E-state index contributed by atoms with van der Waals surface area (Å²) in [5, 5.41) is 0.759. The van der Waals surface area contributed by atoms with Crippen molar-refractivity contribution in [3.8, 4) is 0 Å². The summed E-state index contributed by atoms with van der Waals surface area (Å²) in [7, 11) is 2.54. The first-order valence-electron chi connectivity index (χ1n) is 3.64. The summed E-state index contributed by atoms with van der Waals surface area (Å²) in [6, 6.07) is 9.11. The van der Waals surface area contributed by atoms with Crippen molar-refractivity contribution in [1.82, 2.24) is 4.34 Å². The lowest BCUT2D eigenvalue weighted by atomic mass is 10.2. The molecule has 0 bridgehead atoms. The predicted molar refractivity (Wildman–Crippen MR) is 53.3 cm³/mol. The van der Waals surface area contributed by atoms with Gasteiger partial charge in [0.25, 0.3) is 0 Å². The van der Waals surface area contributed by atoms with E-state index in [-0.39, 0.29) is 5.43 Å². The molecule has 3 heteroatoms. The summed E-state index contributed by atoms with van der Waals surface area (Å²) in [6.45, 7) is 0. The van der Waals surface area contributed by atoms with E-state index in [1.165, 1.54) is 0 Å². The van der Waals surface area contributed by atoms with Crippen LogP contribution < -0.4 is 5.43 Å². The SMILES string of the molecule is O=c1ccn(P)c2ccccc12. The van der Waals surface area contributed by atoms with E-state index in [1.807, 2.05) is 28.6 Å². The second-order valence-corrected chi connectivity index (χ2v) is 3.16. The minimum atomic E-state index is 0.0734. The van der Waals surface area contributed by atoms with Gasteiger partial charge in [0.05, 0.1) is 5.52 Å². The second kappa shape index (κ2) is 2.72. The molecule has 1 aromatic heterocycles. The Kier molecular flexibility index (Phi) is 1.70. The van der Waals surface area contributed by atoms with Crippen molar-refractivity contribution in [2.45, 2.75) is 0 Å². The van der Waals surface area contributed by atoms with Gasteiger partial charge in [-0.15, -0.1) is 0 Å². The number of pyridine rings is 1. The number of benzene rings is 1. The molecule has 0 aliphatic heterocycles. The zero-order valence-corrected chi connectivity index (χ0v) is 7.55. The molecule has 1 heterocycles. The number of rotatable bonds is 0. The van der Waals surface area contributed by atoms with E-state index in [1.54, 1.807) is 12.3 Å². The Morgan fingerprint density at radius 1 is 1.17 bits per heavy atom. The molecule has 60 valence electrons. The summed E-state index contributed by atoms with van der Waals surface area (Å²) in [5.74, 6) is 0. The van der Waals surface area contributed by atoms with Crippen LogP contribution >= 0.6 is 9.39 Å². The summed E-state index contributed by atoms with van der Waals surface area (Å²) < 4.78 is 1.86. The molecule has 1 atom stereocenters. The van der Waals surface area contributed by atoms with Crippen LogP contribution in [0.1, 0.15) is 0 Å². The first kappa shape index (κ1) is 7.51. The van der Waals surface area contributed by atoms with Crippen molar-refractivity contribution in [1.29, 1.82) is 0 Å². The standard InChI is InChI=1S/C9H8NOP/c11-9-5-6-10(12)8-4-2-1-3-7(8)9/h1-6H,12H2. The third-order valence-corrected chi connectivity index (χ3v) is 2.28. The zero-order valence-electron chi connectivity index (χ0n) is 6.40. The molecular weight excluding hydrogens is 169 g/mol. The third kappa shape index (κ3) is 1.05. The average molecular weight is 177 g/mol. The van der Waals surface area contributed by atoms with Gasteiger partial charge < -0.3 is 4.34 Å². The molecule has 0 amide bonds. The highest BCUT2D eigenvalue weighted by molar-refractivity contribution is 7.14. The lowest BCUT2D eigenvalue weighted by Crippen LogP contribution is -2.01. The summed E-state index contributed by atoms with van der Waals surface area (Å²) >= 11 is 0. The van der Waals surface area contributed by atoms with E-state index in [0.717, 1.165) is 10.9 Å². The van der Waals surface area contributed by atoms with E-state index in [2.05, 4.69) is 9.39 Å². The Morgan fingerprint density at radius 3 is 2.67 bits per heavy atom. The smallest absolute Gasteiger partial charge is 0.189 e.